The van der Waals surface area contributed by atoms with Crippen molar-refractivity contribution in [1.29, 1.82) is 0 Å². The van der Waals surface area contributed by atoms with Gasteiger partial charge < -0.3 is 10.3 Å². The van der Waals surface area contributed by atoms with Gasteiger partial charge in [-0.15, -0.1) is 0 Å². The SMILES string of the molecule is O=C(NCc1ccccc1F)[C@H]1[C@@H](c2nc3ccccc3c(=O)[nH]2)[C@@H]2C=C[C@@H]1C2. The average Bonchev–Trinajstić information content (AvgIpc) is 3.35. The molecular formula is C23H20FN3O2. The summed E-state index contributed by atoms with van der Waals surface area (Å²) in [6, 6.07) is 13.6. The van der Waals surface area contributed by atoms with Gasteiger partial charge >= 0.3 is 0 Å². The molecule has 6 heteroatoms. The number of rotatable bonds is 4. The maximum Gasteiger partial charge on any atom is 0.258 e. The van der Waals surface area contributed by atoms with Gasteiger partial charge in [0.15, 0.2) is 0 Å². The molecule has 0 unspecified atom stereocenters. The van der Waals surface area contributed by atoms with E-state index in [2.05, 4.69) is 27.4 Å². The van der Waals surface area contributed by atoms with Crippen LogP contribution >= 0.6 is 0 Å². The number of benzene rings is 2. The summed E-state index contributed by atoms with van der Waals surface area (Å²) in [5.74, 6) is -0.180. The van der Waals surface area contributed by atoms with E-state index in [0.717, 1.165) is 6.42 Å². The van der Waals surface area contributed by atoms with Crippen molar-refractivity contribution in [2.24, 2.45) is 17.8 Å². The largest absolute Gasteiger partial charge is 0.352 e. The third-order valence-corrected chi connectivity index (χ3v) is 6.12. The number of allylic oxidation sites excluding steroid dienone is 2. The normalized spacial score (nSPS) is 24.9. The highest BCUT2D eigenvalue weighted by Gasteiger charge is 2.49. The Morgan fingerprint density at radius 3 is 2.72 bits per heavy atom. The molecule has 4 atom stereocenters. The zero-order chi connectivity index (χ0) is 20.0. The van der Waals surface area contributed by atoms with Crippen LogP contribution in [0.2, 0.25) is 0 Å². The number of nitrogens with one attached hydrogen (secondary N) is 2. The van der Waals surface area contributed by atoms with Crippen molar-refractivity contribution in [1.82, 2.24) is 15.3 Å². The fourth-order valence-corrected chi connectivity index (χ4v) is 4.76. The number of aromatic nitrogens is 2. The van der Waals surface area contributed by atoms with Crippen molar-refractivity contribution in [3.8, 4) is 0 Å². The van der Waals surface area contributed by atoms with Gasteiger partial charge in [-0.2, -0.15) is 0 Å². The van der Waals surface area contributed by atoms with Crippen LogP contribution in [-0.2, 0) is 11.3 Å². The molecule has 2 bridgehead atoms. The molecule has 2 N–H and O–H groups in total. The molecule has 0 spiro atoms. The third kappa shape index (κ3) is 3.05. The quantitative estimate of drug-likeness (QED) is 0.673. The lowest BCUT2D eigenvalue weighted by molar-refractivity contribution is -0.126. The van der Waals surface area contributed by atoms with E-state index < -0.39 is 0 Å². The predicted molar refractivity (Wildman–Crippen MR) is 108 cm³/mol. The number of aromatic amines is 1. The van der Waals surface area contributed by atoms with Gasteiger partial charge in [-0.25, -0.2) is 9.37 Å². The van der Waals surface area contributed by atoms with Gasteiger partial charge in [-0.1, -0.05) is 42.5 Å². The van der Waals surface area contributed by atoms with Crippen LogP contribution in [0.5, 0.6) is 0 Å². The van der Waals surface area contributed by atoms with Crippen LogP contribution in [0, 0.1) is 23.6 Å². The number of carbonyl (C=O) groups excluding carboxylic acids is 1. The van der Waals surface area contributed by atoms with E-state index in [9.17, 15) is 14.0 Å². The second-order valence-electron chi connectivity index (χ2n) is 7.78. The van der Waals surface area contributed by atoms with Gasteiger partial charge in [-0.3, -0.25) is 9.59 Å². The van der Waals surface area contributed by atoms with Crippen molar-refractivity contribution in [3.63, 3.8) is 0 Å². The van der Waals surface area contributed by atoms with Gasteiger partial charge in [-0.05, 0) is 36.5 Å². The lowest BCUT2D eigenvalue weighted by Gasteiger charge is -2.26. The van der Waals surface area contributed by atoms with Gasteiger partial charge in [0.05, 0.1) is 16.8 Å². The van der Waals surface area contributed by atoms with E-state index in [1.54, 1.807) is 30.3 Å². The first-order valence-electron chi connectivity index (χ1n) is 9.80. The van der Waals surface area contributed by atoms with Gasteiger partial charge in [0.2, 0.25) is 5.91 Å². The van der Waals surface area contributed by atoms with Crippen molar-refractivity contribution in [2.75, 3.05) is 0 Å². The Labute approximate surface area is 166 Å². The van der Waals surface area contributed by atoms with E-state index in [4.69, 9.17) is 0 Å². The molecule has 0 aliphatic heterocycles. The van der Waals surface area contributed by atoms with E-state index in [1.807, 2.05) is 12.1 Å². The molecule has 5 rings (SSSR count). The molecule has 1 fully saturated rings. The molecule has 29 heavy (non-hydrogen) atoms. The van der Waals surface area contributed by atoms with Crippen LogP contribution in [0.3, 0.4) is 0 Å². The maximum absolute atomic E-state index is 13.9. The first-order chi connectivity index (χ1) is 14.1. The first kappa shape index (κ1) is 17.8. The number of hydrogen-bond donors (Lipinski definition) is 2. The summed E-state index contributed by atoms with van der Waals surface area (Å²) in [7, 11) is 0. The number of H-pyrrole nitrogens is 1. The Balaban J connectivity index is 1.45. The molecule has 146 valence electrons. The van der Waals surface area contributed by atoms with E-state index in [0.29, 0.717) is 22.3 Å². The van der Waals surface area contributed by atoms with Crippen LogP contribution in [0.4, 0.5) is 4.39 Å². The number of amides is 1. The summed E-state index contributed by atoms with van der Waals surface area (Å²) >= 11 is 0. The second kappa shape index (κ2) is 6.95. The number of para-hydroxylation sites is 1. The highest BCUT2D eigenvalue weighted by molar-refractivity contribution is 5.82. The number of fused-ring (bicyclic) bond motifs is 3. The van der Waals surface area contributed by atoms with E-state index in [1.165, 1.54) is 6.07 Å². The lowest BCUT2D eigenvalue weighted by Crippen LogP contribution is -2.37. The number of hydrogen-bond acceptors (Lipinski definition) is 3. The van der Waals surface area contributed by atoms with Crippen LogP contribution in [-0.4, -0.2) is 15.9 Å². The summed E-state index contributed by atoms with van der Waals surface area (Å²) in [4.78, 5) is 33.2. The van der Waals surface area contributed by atoms with Crippen LogP contribution < -0.4 is 10.9 Å². The zero-order valence-corrected chi connectivity index (χ0v) is 15.6. The number of carbonyl (C=O) groups is 1. The highest BCUT2D eigenvalue weighted by Crippen LogP contribution is 2.52. The molecule has 2 aliphatic rings. The van der Waals surface area contributed by atoms with Crippen molar-refractivity contribution < 1.29 is 9.18 Å². The standard InChI is InChI=1S/C23H20FN3O2/c24-17-7-3-1-5-15(17)12-25-23(29)20-14-10-9-13(11-14)19(20)21-26-18-8-4-2-6-16(18)22(28)27-21/h1-10,13-14,19-20H,11-12H2,(H,25,29)(H,26,27,28)/t13-,14-,19+,20-/m1/s1. The minimum absolute atomic E-state index is 0.0994. The van der Waals surface area contributed by atoms with Gasteiger partial charge in [0.25, 0.3) is 5.56 Å². The number of halogens is 1. The summed E-state index contributed by atoms with van der Waals surface area (Å²) in [6.07, 6.45) is 5.05. The molecule has 0 radical (unpaired) electrons. The monoisotopic (exact) mass is 389 g/mol. The summed E-state index contributed by atoms with van der Waals surface area (Å²) in [6.45, 7) is 0.136. The predicted octanol–water partition coefficient (Wildman–Crippen LogP) is 3.28. The molecule has 5 nitrogen and oxygen atoms in total. The maximum atomic E-state index is 13.9. The van der Waals surface area contributed by atoms with Crippen molar-refractivity contribution in [2.45, 2.75) is 18.9 Å². The smallest absolute Gasteiger partial charge is 0.258 e. The van der Waals surface area contributed by atoms with Crippen LogP contribution in [0.1, 0.15) is 23.7 Å². The lowest BCUT2D eigenvalue weighted by atomic mass is 9.81. The molecule has 2 aliphatic carbocycles. The van der Waals surface area contributed by atoms with E-state index in [-0.39, 0.29) is 47.5 Å². The average molecular weight is 389 g/mol. The Hall–Kier alpha value is -3.28. The van der Waals surface area contributed by atoms with Crippen LogP contribution in [0.25, 0.3) is 10.9 Å². The third-order valence-electron chi connectivity index (χ3n) is 6.12. The fraction of sp³-hybridized carbons (Fsp3) is 0.261. The molecule has 1 amide bonds. The summed E-state index contributed by atoms with van der Waals surface area (Å²) in [5.41, 5.74) is 0.889. The Kier molecular flexibility index (Phi) is 4.27. The molecule has 2 aromatic carbocycles. The molecule has 1 heterocycles. The van der Waals surface area contributed by atoms with Crippen molar-refractivity contribution >= 4 is 16.8 Å². The highest BCUT2D eigenvalue weighted by atomic mass is 19.1. The molecular weight excluding hydrogens is 369 g/mol. The molecule has 1 aromatic heterocycles. The molecule has 1 saturated carbocycles. The fourth-order valence-electron chi connectivity index (χ4n) is 4.76. The Morgan fingerprint density at radius 2 is 1.86 bits per heavy atom. The minimum Gasteiger partial charge on any atom is -0.352 e. The molecule has 3 aromatic rings. The second-order valence-corrected chi connectivity index (χ2v) is 7.78. The Morgan fingerprint density at radius 1 is 1.10 bits per heavy atom. The summed E-state index contributed by atoms with van der Waals surface area (Å²) < 4.78 is 13.9. The van der Waals surface area contributed by atoms with Gasteiger partial charge in [0.1, 0.15) is 11.6 Å². The minimum atomic E-state index is -0.335. The number of nitrogens with zero attached hydrogens (tertiary/aromatic N) is 1. The zero-order valence-electron chi connectivity index (χ0n) is 15.6. The topological polar surface area (TPSA) is 74.8 Å². The van der Waals surface area contributed by atoms with Gasteiger partial charge in [0, 0.05) is 18.0 Å². The first-order valence-corrected chi connectivity index (χ1v) is 9.80. The van der Waals surface area contributed by atoms with Crippen LogP contribution in [0.15, 0.2) is 65.5 Å². The van der Waals surface area contributed by atoms with E-state index >= 15 is 0 Å². The molecule has 0 saturated heterocycles. The Bertz CT molecular complexity index is 1190. The summed E-state index contributed by atoms with van der Waals surface area (Å²) in [5, 5.41) is 3.42. The van der Waals surface area contributed by atoms with Crippen molar-refractivity contribution in [3.05, 3.63) is 88.2 Å².